The summed E-state index contributed by atoms with van der Waals surface area (Å²) in [6.45, 7) is 3.97. The molecular weight excluding hydrogens is 316 g/mol. The van der Waals surface area contributed by atoms with Gasteiger partial charge < -0.3 is 15.1 Å². The van der Waals surface area contributed by atoms with Crippen LogP contribution in [-0.4, -0.2) is 11.8 Å². The number of aryl methyl sites for hydroxylation is 2. The highest BCUT2D eigenvalue weighted by molar-refractivity contribution is 6.05. The van der Waals surface area contributed by atoms with Gasteiger partial charge in [-0.2, -0.15) is 0 Å². The first-order chi connectivity index (χ1) is 12.0. The highest BCUT2D eigenvalue weighted by atomic mass is 16.3. The van der Waals surface area contributed by atoms with Crippen molar-refractivity contribution in [3.63, 3.8) is 0 Å². The lowest BCUT2D eigenvalue weighted by molar-refractivity contribution is 0.0995. The Morgan fingerprint density at radius 3 is 2.16 bits per heavy atom. The maximum absolute atomic E-state index is 12.4. The molecule has 0 aliphatic heterocycles. The molecule has 0 aliphatic rings. The fraction of sp³-hybridized carbons (Fsp3) is 0.100. The number of nitrogens with one attached hydrogen (secondary N) is 2. The van der Waals surface area contributed by atoms with E-state index in [1.165, 1.54) is 6.26 Å². The van der Waals surface area contributed by atoms with E-state index in [1.54, 1.807) is 42.5 Å². The second-order valence-electron chi connectivity index (χ2n) is 5.77. The normalized spacial score (nSPS) is 10.3. The molecule has 2 aromatic carbocycles. The molecule has 5 nitrogen and oxygen atoms in total. The average Bonchev–Trinajstić information content (AvgIpc) is 3.12. The zero-order chi connectivity index (χ0) is 17.8. The standard InChI is InChI=1S/C20H18N2O3/c1-13-8-9-15(11-14(13)2)19(23)21-16-5-3-6-17(12-16)22-20(24)18-7-4-10-25-18/h3-12H,1-2H3,(H,21,23)(H,22,24). The molecule has 0 atom stereocenters. The smallest absolute Gasteiger partial charge is 0.291 e. The SMILES string of the molecule is Cc1ccc(C(=O)Nc2cccc(NC(=O)c3ccco3)c2)cc1C. The van der Waals surface area contributed by atoms with Gasteiger partial charge >= 0.3 is 0 Å². The molecule has 3 rings (SSSR count). The predicted octanol–water partition coefficient (Wildman–Crippen LogP) is 4.40. The lowest BCUT2D eigenvalue weighted by Crippen LogP contribution is -2.13. The fourth-order valence-corrected chi connectivity index (χ4v) is 2.36. The van der Waals surface area contributed by atoms with Crippen molar-refractivity contribution < 1.29 is 14.0 Å². The van der Waals surface area contributed by atoms with Gasteiger partial charge in [0.25, 0.3) is 11.8 Å². The number of anilines is 2. The van der Waals surface area contributed by atoms with Gasteiger partial charge in [-0.3, -0.25) is 9.59 Å². The number of amides is 2. The molecule has 0 saturated heterocycles. The quantitative estimate of drug-likeness (QED) is 0.743. The van der Waals surface area contributed by atoms with Gasteiger partial charge in [0.2, 0.25) is 0 Å². The van der Waals surface area contributed by atoms with Crippen LogP contribution in [0.4, 0.5) is 11.4 Å². The minimum Gasteiger partial charge on any atom is -0.459 e. The first-order valence-electron chi connectivity index (χ1n) is 7.86. The van der Waals surface area contributed by atoms with Crippen molar-refractivity contribution in [2.75, 3.05) is 10.6 Å². The van der Waals surface area contributed by atoms with Crippen molar-refractivity contribution in [3.8, 4) is 0 Å². The minimum atomic E-state index is -0.345. The van der Waals surface area contributed by atoms with E-state index in [0.29, 0.717) is 16.9 Å². The van der Waals surface area contributed by atoms with Gasteiger partial charge in [-0.1, -0.05) is 12.1 Å². The maximum atomic E-state index is 12.4. The van der Waals surface area contributed by atoms with Crippen LogP contribution in [-0.2, 0) is 0 Å². The molecule has 25 heavy (non-hydrogen) atoms. The van der Waals surface area contributed by atoms with Gasteiger partial charge in [-0.25, -0.2) is 0 Å². The summed E-state index contributed by atoms with van der Waals surface area (Å²) in [5.74, 6) is -0.315. The number of carbonyl (C=O) groups is 2. The van der Waals surface area contributed by atoms with Gasteiger partial charge in [-0.15, -0.1) is 0 Å². The van der Waals surface area contributed by atoms with Gasteiger partial charge in [0, 0.05) is 16.9 Å². The molecule has 2 N–H and O–H groups in total. The molecule has 0 bridgehead atoms. The van der Waals surface area contributed by atoms with Crippen molar-refractivity contribution in [1.29, 1.82) is 0 Å². The van der Waals surface area contributed by atoms with E-state index in [1.807, 2.05) is 26.0 Å². The van der Waals surface area contributed by atoms with Crippen LogP contribution in [0.2, 0.25) is 0 Å². The Bertz CT molecular complexity index is 914. The van der Waals surface area contributed by atoms with Crippen molar-refractivity contribution in [3.05, 3.63) is 83.3 Å². The molecular formula is C20H18N2O3. The number of rotatable bonds is 4. The largest absolute Gasteiger partial charge is 0.459 e. The molecule has 0 unspecified atom stereocenters. The first kappa shape index (κ1) is 16.5. The van der Waals surface area contributed by atoms with Crippen molar-refractivity contribution in [1.82, 2.24) is 0 Å². The Balaban J connectivity index is 1.72. The van der Waals surface area contributed by atoms with Crippen molar-refractivity contribution in [2.45, 2.75) is 13.8 Å². The third-order valence-corrected chi connectivity index (χ3v) is 3.89. The van der Waals surface area contributed by atoms with Crippen LogP contribution in [0.5, 0.6) is 0 Å². The molecule has 0 spiro atoms. The van der Waals surface area contributed by atoms with E-state index < -0.39 is 0 Å². The van der Waals surface area contributed by atoms with Crippen molar-refractivity contribution in [2.24, 2.45) is 0 Å². The number of hydrogen-bond acceptors (Lipinski definition) is 3. The summed E-state index contributed by atoms with van der Waals surface area (Å²) in [5.41, 5.74) is 3.96. The summed E-state index contributed by atoms with van der Waals surface area (Å²) >= 11 is 0. The Morgan fingerprint density at radius 2 is 1.52 bits per heavy atom. The lowest BCUT2D eigenvalue weighted by Gasteiger charge is -2.09. The zero-order valence-corrected chi connectivity index (χ0v) is 14.0. The Labute approximate surface area is 145 Å². The molecule has 5 heteroatoms. The van der Waals surface area contributed by atoms with E-state index in [2.05, 4.69) is 10.6 Å². The van der Waals surface area contributed by atoms with E-state index in [-0.39, 0.29) is 17.6 Å². The highest BCUT2D eigenvalue weighted by Gasteiger charge is 2.10. The van der Waals surface area contributed by atoms with Gasteiger partial charge in [0.15, 0.2) is 5.76 Å². The number of benzene rings is 2. The molecule has 0 fully saturated rings. The van der Waals surface area contributed by atoms with Gasteiger partial charge in [0.1, 0.15) is 0 Å². The number of carbonyl (C=O) groups excluding carboxylic acids is 2. The molecule has 3 aromatic rings. The molecule has 0 saturated carbocycles. The Morgan fingerprint density at radius 1 is 0.800 bits per heavy atom. The Hall–Kier alpha value is -3.34. The predicted molar refractivity (Wildman–Crippen MR) is 97.0 cm³/mol. The summed E-state index contributed by atoms with van der Waals surface area (Å²) in [5, 5.41) is 5.57. The van der Waals surface area contributed by atoms with Crippen LogP contribution in [0.3, 0.4) is 0 Å². The number of furan rings is 1. The van der Waals surface area contributed by atoms with E-state index in [0.717, 1.165) is 11.1 Å². The summed E-state index contributed by atoms with van der Waals surface area (Å²) in [6, 6.07) is 15.8. The van der Waals surface area contributed by atoms with Crippen LogP contribution < -0.4 is 10.6 Å². The maximum Gasteiger partial charge on any atom is 0.291 e. The van der Waals surface area contributed by atoms with Crippen LogP contribution in [0.15, 0.2) is 65.3 Å². The highest BCUT2D eigenvalue weighted by Crippen LogP contribution is 2.18. The van der Waals surface area contributed by atoms with Gasteiger partial charge in [-0.05, 0) is 67.4 Å². The minimum absolute atomic E-state index is 0.197. The van der Waals surface area contributed by atoms with Crippen LogP contribution in [0.25, 0.3) is 0 Å². The second-order valence-corrected chi connectivity index (χ2v) is 5.77. The second kappa shape index (κ2) is 7.05. The van der Waals surface area contributed by atoms with E-state index in [9.17, 15) is 9.59 Å². The summed E-state index contributed by atoms with van der Waals surface area (Å²) in [6.07, 6.45) is 1.44. The third-order valence-electron chi connectivity index (χ3n) is 3.89. The van der Waals surface area contributed by atoms with E-state index >= 15 is 0 Å². The monoisotopic (exact) mass is 334 g/mol. The van der Waals surface area contributed by atoms with Crippen molar-refractivity contribution >= 4 is 23.2 Å². The number of hydrogen-bond donors (Lipinski definition) is 2. The zero-order valence-electron chi connectivity index (χ0n) is 14.0. The van der Waals surface area contributed by atoms with Crippen LogP contribution in [0, 0.1) is 13.8 Å². The summed E-state index contributed by atoms with van der Waals surface area (Å²) in [7, 11) is 0. The van der Waals surface area contributed by atoms with Crippen LogP contribution in [0.1, 0.15) is 32.0 Å². The molecule has 0 radical (unpaired) electrons. The fourth-order valence-electron chi connectivity index (χ4n) is 2.36. The molecule has 0 aliphatic carbocycles. The average molecular weight is 334 g/mol. The summed E-state index contributed by atoms with van der Waals surface area (Å²) < 4.78 is 5.06. The molecule has 2 amide bonds. The molecule has 1 aromatic heterocycles. The first-order valence-corrected chi connectivity index (χ1v) is 7.86. The third kappa shape index (κ3) is 3.95. The molecule has 1 heterocycles. The van der Waals surface area contributed by atoms with Crippen LogP contribution >= 0.6 is 0 Å². The molecule has 126 valence electrons. The Kier molecular flexibility index (Phi) is 4.66. The lowest BCUT2D eigenvalue weighted by atomic mass is 10.1. The van der Waals surface area contributed by atoms with Gasteiger partial charge in [0.05, 0.1) is 6.26 Å². The summed E-state index contributed by atoms with van der Waals surface area (Å²) in [4.78, 5) is 24.4. The van der Waals surface area contributed by atoms with E-state index in [4.69, 9.17) is 4.42 Å². The topological polar surface area (TPSA) is 71.3 Å².